The molecular weight excluding hydrogens is 288 g/mol. The molecule has 0 unspecified atom stereocenters. The van der Waals surface area contributed by atoms with Crippen LogP contribution < -0.4 is 10.1 Å². The number of pyridine rings is 1. The first kappa shape index (κ1) is 15.1. The van der Waals surface area contributed by atoms with E-state index in [1.807, 2.05) is 0 Å². The Morgan fingerprint density at radius 3 is 2.67 bits per heavy atom. The number of nitrogens with one attached hydrogen (secondary N) is 1. The summed E-state index contributed by atoms with van der Waals surface area (Å²) < 4.78 is 56.2. The highest BCUT2D eigenvalue weighted by molar-refractivity contribution is 5.43. The molecule has 0 fully saturated rings. The second-order valence-electron chi connectivity index (χ2n) is 4.19. The minimum Gasteiger partial charge on any atom is -0.489 e. The molecule has 21 heavy (non-hydrogen) atoms. The maximum atomic E-state index is 13.2. The molecule has 7 heteroatoms. The van der Waals surface area contributed by atoms with E-state index in [2.05, 4.69) is 10.3 Å². The minimum absolute atomic E-state index is 0.0208. The number of aromatic nitrogens is 1. The fourth-order valence-electron chi connectivity index (χ4n) is 1.75. The number of anilines is 1. The Labute approximate surface area is 118 Å². The standard InChI is InChI=1S/C14H12F4N2O/c1-19-13-9(3-2-6-20-13)8-21-10-4-5-12(15)11(7-10)14(16,17)18/h2-7H,8H2,1H3,(H,19,20). The largest absolute Gasteiger partial charge is 0.489 e. The van der Waals surface area contributed by atoms with Gasteiger partial charge in [0.1, 0.15) is 24.0 Å². The minimum atomic E-state index is -4.76. The summed E-state index contributed by atoms with van der Waals surface area (Å²) in [5.74, 6) is -0.822. The summed E-state index contributed by atoms with van der Waals surface area (Å²) in [6.45, 7) is 0.0208. The summed E-state index contributed by atoms with van der Waals surface area (Å²) in [6.07, 6.45) is -3.18. The lowest BCUT2D eigenvalue weighted by Crippen LogP contribution is -2.09. The van der Waals surface area contributed by atoms with Gasteiger partial charge in [0, 0.05) is 18.8 Å². The van der Waals surface area contributed by atoms with Crippen LogP contribution in [0, 0.1) is 5.82 Å². The van der Waals surface area contributed by atoms with Crippen LogP contribution in [0.4, 0.5) is 23.4 Å². The maximum Gasteiger partial charge on any atom is 0.419 e. The van der Waals surface area contributed by atoms with Crippen molar-refractivity contribution in [3.63, 3.8) is 0 Å². The highest BCUT2D eigenvalue weighted by atomic mass is 19.4. The summed E-state index contributed by atoms with van der Waals surface area (Å²) in [5, 5.41) is 2.85. The lowest BCUT2D eigenvalue weighted by atomic mass is 10.2. The Morgan fingerprint density at radius 2 is 2.00 bits per heavy atom. The van der Waals surface area contributed by atoms with E-state index < -0.39 is 17.6 Å². The van der Waals surface area contributed by atoms with Crippen LogP contribution >= 0.6 is 0 Å². The van der Waals surface area contributed by atoms with Crippen molar-refractivity contribution in [1.82, 2.24) is 4.98 Å². The zero-order chi connectivity index (χ0) is 15.5. The number of rotatable bonds is 4. The summed E-state index contributed by atoms with van der Waals surface area (Å²) in [4.78, 5) is 4.05. The van der Waals surface area contributed by atoms with Crippen molar-refractivity contribution in [2.75, 3.05) is 12.4 Å². The van der Waals surface area contributed by atoms with E-state index in [1.54, 1.807) is 25.4 Å². The maximum absolute atomic E-state index is 13.2. The van der Waals surface area contributed by atoms with E-state index in [4.69, 9.17) is 4.74 Å². The van der Waals surface area contributed by atoms with Gasteiger partial charge in [-0.1, -0.05) is 6.07 Å². The van der Waals surface area contributed by atoms with Gasteiger partial charge in [-0.2, -0.15) is 13.2 Å². The molecule has 112 valence electrons. The van der Waals surface area contributed by atoms with Crippen LogP contribution in [-0.2, 0) is 12.8 Å². The molecule has 2 rings (SSSR count). The molecule has 1 aromatic carbocycles. The third-order valence-electron chi connectivity index (χ3n) is 2.77. The molecular formula is C14H12F4N2O. The highest BCUT2D eigenvalue weighted by Gasteiger charge is 2.34. The number of benzene rings is 1. The first-order valence-electron chi connectivity index (χ1n) is 6.03. The molecule has 1 N–H and O–H groups in total. The van der Waals surface area contributed by atoms with Crippen molar-refractivity contribution >= 4 is 5.82 Å². The number of ether oxygens (including phenoxy) is 1. The van der Waals surface area contributed by atoms with Gasteiger partial charge >= 0.3 is 6.18 Å². The number of halogens is 4. The Balaban J connectivity index is 2.17. The van der Waals surface area contributed by atoms with E-state index in [9.17, 15) is 17.6 Å². The number of nitrogens with zero attached hydrogens (tertiary/aromatic N) is 1. The van der Waals surface area contributed by atoms with Crippen molar-refractivity contribution in [1.29, 1.82) is 0 Å². The van der Waals surface area contributed by atoms with Gasteiger partial charge < -0.3 is 10.1 Å². The highest BCUT2D eigenvalue weighted by Crippen LogP contribution is 2.33. The van der Waals surface area contributed by atoms with Crippen molar-refractivity contribution in [3.05, 3.63) is 53.5 Å². The SMILES string of the molecule is CNc1ncccc1COc1ccc(F)c(C(F)(F)F)c1. The van der Waals surface area contributed by atoms with Crippen LogP contribution in [0.1, 0.15) is 11.1 Å². The van der Waals surface area contributed by atoms with Crippen molar-refractivity contribution < 1.29 is 22.3 Å². The molecule has 0 atom stereocenters. The molecule has 0 saturated heterocycles. The van der Waals surface area contributed by atoms with Crippen LogP contribution in [0.5, 0.6) is 5.75 Å². The van der Waals surface area contributed by atoms with Gasteiger partial charge in [0.25, 0.3) is 0 Å². The number of alkyl halides is 3. The molecule has 2 aromatic rings. The van der Waals surface area contributed by atoms with Gasteiger partial charge in [0.2, 0.25) is 0 Å². The molecule has 0 radical (unpaired) electrons. The van der Waals surface area contributed by atoms with Crippen LogP contribution in [0.15, 0.2) is 36.5 Å². The molecule has 3 nitrogen and oxygen atoms in total. The second-order valence-corrected chi connectivity index (χ2v) is 4.19. The Kier molecular flexibility index (Phi) is 4.30. The number of hydrogen-bond acceptors (Lipinski definition) is 3. The lowest BCUT2D eigenvalue weighted by molar-refractivity contribution is -0.140. The van der Waals surface area contributed by atoms with Crippen molar-refractivity contribution in [2.24, 2.45) is 0 Å². The number of hydrogen-bond donors (Lipinski definition) is 1. The normalized spacial score (nSPS) is 11.3. The van der Waals surface area contributed by atoms with Crippen LogP contribution in [0.25, 0.3) is 0 Å². The van der Waals surface area contributed by atoms with E-state index in [0.29, 0.717) is 17.4 Å². The summed E-state index contributed by atoms with van der Waals surface area (Å²) in [7, 11) is 1.67. The van der Waals surface area contributed by atoms with Crippen LogP contribution in [0.3, 0.4) is 0 Å². The predicted octanol–water partition coefficient (Wildman–Crippen LogP) is 3.86. The predicted molar refractivity (Wildman–Crippen MR) is 69.5 cm³/mol. The third-order valence-corrected chi connectivity index (χ3v) is 2.77. The molecule has 0 aliphatic carbocycles. The van der Waals surface area contributed by atoms with Gasteiger partial charge in [0.15, 0.2) is 0 Å². The first-order valence-corrected chi connectivity index (χ1v) is 6.03. The van der Waals surface area contributed by atoms with Gasteiger partial charge in [-0.15, -0.1) is 0 Å². The lowest BCUT2D eigenvalue weighted by Gasteiger charge is -2.12. The molecule has 0 aliphatic heterocycles. The average Bonchev–Trinajstić information content (AvgIpc) is 2.45. The smallest absolute Gasteiger partial charge is 0.419 e. The molecule has 1 heterocycles. The molecule has 0 spiro atoms. The molecule has 0 amide bonds. The Morgan fingerprint density at radius 1 is 1.24 bits per heavy atom. The summed E-state index contributed by atoms with van der Waals surface area (Å²) >= 11 is 0. The fourth-order valence-corrected chi connectivity index (χ4v) is 1.75. The van der Waals surface area contributed by atoms with E-state index in [1.165, 1.54) is 0 Å². The molecule has 0 bridgehead atoms. The second kappa shape index (κ2) is 5.99. The Bertz CT molecular complexity index is 629. The van der Waals surface area contributed by atoms with Gasteiger partial charge in [-0.25, -0.2) is 9.37 Å². The topological polar surface area (TPSA) is 34.2 Å². The van der Waals surface area contributed by atoms with Crippen LogP contribution in [0.2, 0.25) is 0 Å². The quantitative estimate of drug-likeness (QED) is 0.871. The Hall–Kier alpha value is -2.31. The van der Waals surface area contributed by atoms with Gasteiger partial charge in [-0.3, -0.25) is 0 Å². The monoisotopic (exact) mass is 300 g/mol. The van der Waals surface area contributed by atoms with Gasteiger partial charge in [-0.05, 0) is 24.3 Å². The third kappa shape index (κ3) is 3.62. The zero-order valence-corrected chi connectivity index (χ0v) is 11.0. The molecule has 0 aliphatic rings. The summed E-state index contributed by atoms with van der Waals surface area (Å²) in [5.41, 5.74) is -0.669. The van der Waals surface area contributed by atoms with E-state index >= 15 is 0 Å². The molecule has 0 saturated carbocycles. The van der Waals surface area contributed by atoms with E-state index in [-0.39, 0.29) is 12.4 Å². The fraction of sp³-hybridized carbons (Fsp3) is 0.214. The van der Waals surface area contributed by atoms with Crippen molar-refractivity contribution in [3.8, 4) is 5.75 Å². The molecule has 1 aromatic heterocycles. The van der Waals surface area contributed by atoms with E-state index in [0.717, 1.165) is 12.1 Å². The first-order chi connectivity index (χ1) is 9.91. The zero-order valence-electron chi connectivity index (χ0n) is 11.0. The average molecular weight is 300 g/mol. The van der Waals surface area contributed by atoms with Gasteiger partial charge in [0.05, 0.1) is 5.56 Å². The van der Waals surface area contributed by atoms with Crippen LogP contribution in [-0.4, -0.2) is 12.0 Å². The summed E-state index contributed by atoms with van der Waals surface area (Å²) in [6, 6.07) is 5.95. The van der Waals surface area contributed by atoms with Crippen molar-refractivity contribution in [2.45, 2.75) is 12.8 Å².